The predicted octanol–water partition coefficient (Wildman–Crippen LogP) is 3.04. The van der Waals surface area contributed by atoms with Crippen LogP contribution in [0, 0.1) is 0 Å². The third-order valence-corrected chi connectivity index (χ3v) is 4.41. The Morgan fingerprint density at radius 3 is 2.09 bits per heavy atom. The highest BCUT2D eigenvalue weighted by Gasteiger charge is 2.18. The second kappa shape index (κ2) is 12.9. The van der Waals surface area contributed by atoms with Crippen LogP contribution in [0.2, 0.25) is 0 Å². The van der Waals surface area contributed by atoms with Crippen molar-refractivity contribution < 1.29 is 14.4 Å². The van der Waals surface area contributed by atoms with Crippen LogP contribution in [-0.4, -0.2) is 67.3 Å². The predicted molar refractivity (Wildman–Crippen MR) is 93.8 cm³/mol. The summed E-state index contributed by atoms with van der Waals surface area (Å²) in [6.45, 7) is 7.70. The molecule has 0 saturated carbocycles. The summed E-state index contributed by atoms with van der Waals surface area (Å²) in [5, 5.41) is 9.06. The quantitative estimate of drug-likeness (QED) is 0.395. The van der Waals surface area contributed by atoms with Crippen LogP contribution in [-0.2, 0) is 4.79 Å². The molecule has 0 bridgehead atoms. The van der Waals surface area contributed by atoms with Crippen LogP contribution in [0.4, 0.5) is 0 Å². The van der Waals surface area contributed by atoms with Crippen LogP contribution in [0.15, 0.2) is 0 Å². The number of likely N-dealkylation sites (N-methyl/N-ethyl adjacent to an activating group) is 2. The average Bonchev–Trinajstić information content (AvgIpc) is 2.46. The highest BCUT2D eigenvalue weighted by Crippen LogP contribution is 2.10. The van der Waals surface area contributed by atoms with Crippen molar-refractivity contribution in [1.29, 1.82) is 0 Å². The molecule has 0 aliphatic heterocycles. The first-order valence-corrected chi connectivity index (χ1v) is 9.17. The first-order chi connectivity index (χ1) is 10.5. The standard InChI is InChI=1S/C18H39N2O2/c1-5-7-8-9-10-11-12-13-18(22)19(6-2)14-15-20(3,4)16-17-21/h21H,5-17H2,1-4H3/q+1. The smallest absolute Gasteiger partial charge is 0.222 e. The van der Waals surface area contributed by atoms with Gasteiger partial charge in [0.15, 0.2) is 0 Å². The highest BCUT2D eigenvalue weighted by molar-refractivity contribution is 5.76. The molecule has 0 saturated heterocycles. The van der Waals surface area contributed by atoms with Gasteiger partial charge < -0.3 is 14.5 Å². The number of carbonyl (C=O) groups excluding carboxylic acids is 1. The summed E-state index contributed by atoms with van der Waals surface area (Å²) in [6.07, 6.45) is 9.43. The summed E-state index contributed by atoms with van der Waals surface area (Å²) in [6, 6.07) is 0. The van der Waals surface area contributed by atoms with E-state index in [0.29, 0.717) is 12.3 Å². The Labute approximate surface area is 138 Å². The van der Waals surface area contributed by atoms with E-state index in [1.54, 1.807) is 0 Å². The third kappa shape index (κ3) is 11.0. The molecule has 0 unspecified atom stereocenters. The number of quaternary nitrogens is 1. The normalized spacial score (nSPS) is 11.7. The van der Waals surface area contributed by atoms with Gasteiger partial charge in [0.1, 0.15) is 6.54 Å². The van der Waals surface area contributed by atoms with E-state index in [0.717, 1.165) is 37.1 Å². The Morgan fingerprint density at radius 2 is 1.55 bits per heavy atom. The largest absolute Gasteiger partial charge is 0.391 e. The van der Waals surface area contributed by atoms with E-state index in [1.165, 1.54) is 38.5 Å². The molecule has 0 fully saturated rings. The zero-order chi connectivity index (χ0) is 16.8. The molecule has 4 nitrogen and oxygen atoms in total. The van der Waals surface area contributed by atoms with Crippen molar-refractivity contribution in [1.82, 2.24) is 4.90 Å². The topological polar surface area (TPSA) is 40.5 Å². The minimum Gasteiger partial charge on any atom is -0.391 e. The van der Waals surface area contributed by atoms with Gasteiger partial charge in [0.25, 0.3) is 0 Å². The fraction of sp³-hybridized carbons (Fsp3) is 0.944. The minimum atomic E-state index is 0.200. The first kappa shape index (κ1) is 21.4. The maximum atomic E-state index is 12.3. The molecule has 1 N–H and O–H groups in total. The molecule has 0 spiro atoms. The Hall–Kier alpha value is -0.610. The van der Waals surface area contributed by atoms with Crippen LogP contribution in [0.25, 0.3) is 0 Å². The van der Waals surface area contributed by atoms with Crippen molar-refractivity contribution in [2.45, 2.75) is 65.2 Å². The second-order valence-electron chi connectivity index (χ2n) is 6.95. The zero-order valence-electron chi connectivity index (χ0n) is 15.4. The van der Waals surface area contributed by atoms with Crippen molar-refractivity contribution in [3.05, 3.63) is 0 Å². The number of hydrogen-bond acceptors (Lipinski definition) is 2. The average molecular weight is 316 g/mol. The summed E-state index contributed by atoms with van der Waals surface area (Å²) in [7, 11) is 4.20. The van der Waals surface area contributed by atoms with Crippen molar-refractivity contribution in [2.24, 2.45) is 0 Å². The van der Waals surface area contributed by atoms with E-state index in [9.17, 15) is 4.79 Å². The number of aliphatic hydroxyl groups is 1. The number of nitrogens with zero attached hydrogens (tertiary/aromatic N) is 2. The second-order valence-corrected chi connectivity index (χ2v) is 6.95. The van der Waals surface area contributed by atoms with Crippen molar-refractivity contribution in [3.8, 4) is 0 Å². The summed E-state index contributed by atoms with van der Waals surface area (Å²) in [5.74, 6) is 0.292. The van der Waals surface area contributed by atoms with Crippen molar-refractivity contribution in [2.75, 3.05) is 46.9 Å². The van der Waals surface area contributed by atoms with E-state index in [1.807, 2.05) is 4.90 Å². The molecule has 22 heavy (non-hydrogen) atoms. The Balaban J connectivity index is 3.85. The fourth-order valence-electron chi connectivity index (χ4n) is 2.62. The number of unbranched alkanes of at least 4 members (excludes halogenated alkanes) is 6. The lowest BCUT2D eigenvalue weighted by Gasteiger charge is -2.32. The summed E-state index contributed by atoms with van der Waals surface area (Å²) in [5.41, 5.74) is 0. The third-order valence-electron chi connectivity index (χ3n) is 4.41. The van der Waals surface area contributed by atoms with Gasteiger partial charge in [-0.05, 0) is 13.3 Å². The number of rotatable bonds is 14. The number of hydrogen-bond donors (Lipinski definition) is 1. The summed E-state index contributed by atoms with van der Waals surface area (Å²) in [4.78, 5) is 14.2. The lowest BCUT2D eigenvalue weighted by molar-refractivity contribution is -0.890. The zero-order valence-corrected chi connectivity index (χ0v) is 15.4. The van der Waals surface area contributed by atoms with E-state index >= 15 is 0 Å². The molecule has 0 aliphatic rings. The van der Waals surface area contributed by atoms with Gasteiger partial charge in [0.05, 0.1) is 33.8 Å². The molecule has 1 amide bonds. The summed E-state index contributed by atoms with van der Waals surface area (Å²) >= 11 is 0. The van der Waals surface area contributed by atoms with Gasteiger partial charge in [-0.25, -0.2) is 0 Å². The molecule has 0 aliphatic carbocycles. The van der Waals surface area contributed by atoms with Gasteiger partial charge in [-0.2, -0.15) is 0 Å². The molecule has 0 rings (SSSR count). The van der Waals surface area contributed by atoms with Crippen LogP contribution in [0.3, 0.4) is 0 Å². The van der Waals surface area contributed by atoms with Crippen LogP contribution < -0.4 is 0 Å². The molecule has 4 heteroatoms. The Kier molecular flexibility index (Phi) is 12.5. The molecule has 132 valence electrons. The van der Waals surface area contributed by atoms with Crippen LogP contribution in [0.1, 0.15) is 65.2 Å². The molecule has 0 aromatic rings. The van der Waals surface area contributed by atoms with Crippen molar-refractivity contribution >= 4 is 5.91 Å². The molecule has 0 radical (unpaired) electrons. The summed E-state index contributed by atoms with van der Waals surface area (Å²) < 4.78 is 0.762. The minimum absolute atomic E-state index is 0.200. The molecule has 0 atom stereocenters. The van der Waals surface area contributed by atoms with Gasteiger partial charge in [0, 0.05) is 13.0 Å². The maximum Gasteiger partial charge on any atom is 0.222 e. The lowest BCUT2D eigenvalue weighted by atomic mass is 10.1. The Morgan fingerprint density at radius 1 is 0.955 bits per heavy atom. The monoisotopic (exact) mass is 315 g/mol. The molecule has 0 aromatic carbocycles. The maximum absolute atomic E-state index is 12.3. The van der Waals surface area contributed by atoms with Gasteiger partial charge in [0.2, 0.25) is 5.91 Å². The van der Waals surface area contributed by atoms with E-state index < -0.39 is 0 Å². The van der Waals surface area contributed by atoms with Crippen molar-refractivity contribution in [3.63, 3.8) is 0 Å². The SMILES string of the molecule is CCCCCCCCCC(=O)N(CC)CC[N+](C)(C)CCO. The van der Waals surface area contributed by atoms with Crippen LogP contribution in [0.5, 0.6) is 0 Å². The fourth-order valence-corrected chi connectivity index (χ4v) is 2.62. The molecule has 0 aromatic heterocycles. The van der Waals surface area contributed by atoms with Crippen LogP contribution >= 0.6 is 0 Å². The first-order valence-electron chi connectivity index (χ1n) is 9.17. The number of amides is 1. The molecule has 0 heterocycles. The van der Waals surface area contributed by atoms with Gasteiger partial charge >= 0.3 is 0 Å². The van der Waals surface area contributed by atoms with Gasteiger partial charge in [-0.1, -0.05) is 45.4 Å². The van der Waals surface area contributed by atoms with Gasteiger partial charge in [-0.3, -0.25) is 4.79 Å². The molecular weight excluding hydrogens is 276 g/mol. The van der Waals surface area contributed by atoms with Gasteiger partial charge in [-0.15, -0.1) is 0 Å². The van der Waals surface area contributed by atoms with E-state index in [-0.39, 0.29) is 6.61 Å². The lowest BCUT2D eigenvalue weighted by Crippen LogP contribution is -2.48. The molecular formula is C18H39N2O2+. The Bertz CT molecular complexity index is 280. The highest BCUT2D eigenvalue weighted by atomic mass is 16.3. The number of aliphatic hydroxyl groups excluding tert-OH is 1. The number of carbonyl (C=O) groups is 1. The van der Waals surface area contributed by atoms with E-state index in [2.05, 4.69) is 27.9 Å². The van der Waals surface area contributed by atoms with E-state index in [4.69, 9.17) is 5.11 Å².